The number of carbonyl (C=O) groups excluding carboxylic acids is 1. The standard InChI is InChI=1S/C27H29FN2O.C3H6O/c28-24-10-8-21(9-11-24)22-13-15-29(16-14-22)18-20-12-17-30(19-20)27(31)26-7-3-5-23-4-1-2-6-25(23)26;1-2-3-4/h1-11,20,22H,12-19H2;2,4H,1,3H2/t20-;/m1./s1. The molecule has 1 amide bonds. The van der Waals surface area contributed by atoms with Crippen molar-refractivity contribution in [1.82, 2.24) is 9.80 Å². The van der Waals surface area contributed by atoms with Gasteiger partial charge in [0.15, 0.2) is 0 Å². The van der Waals surface area contributed by atoms with Crippen LogP contribution in [0.3, 0.4) is 0 Å². The molecule has 0 unspecified atom stereocenters. The maximum atomic E-state index is 13.2. The zero-order valence-electron chi connectivity index (χ0n) is 20.3. The van der Waals surface area contributed by atoms with E-state index in [1.807, 2.05) is 47.4 Å². The molecular weight excluding hydrogens is 439 g/mol. The molecule has 0 saturated carbocycles. The molecule has 1 N–H and O–H groups in total. The predicted molar refractivity (Wildman–Crippen MR) is 140 cm³/mol. The lowest BCUT2D eigenvalue weighted by Gasteiger charge is -2.33. The number of aliphatic hydroxyl groups excluding tert-OH is 1. The maximum Gasteiger partial charge on any atom is 0.254 e. The van der Waals surface area contributed by atoms with E-state index < -0.39 is 0 Å². The second-order valence-corrected chi connectivity index (χ2v) is 9.53. The smallest absolute Gasteiger partial charge is 0.254 e. The molecule has 2 saturated heterocycles. The third kappa shape index (κ3) is 6.36. The van der Waals surface area contributed by atoms with E-state index in [2.05, 4.69) is 23.6 Å². The summed E-state index contributed by atoms with van der Waals surface area (Å²) in [5.74, 6) is 1.07. The second-order valence-electron chi connectivity index (χ2n) is 9.53. The monoisotopic (exact) mass is 474 g/mol. The van der Waals surface area contributed by atoms with Gasteiger partial charge in [0.25, 0.3) is 5.91 Å². The Bertz CT molecular complexity index is 1120. The Morgan fingerprint density at radius 2 is 1.66 bits per heavy atom. The summed E-state index contributed by atoms with van der Waals surface area (Å²) in [6.45, 7) is 8.23. The van der Waals surface area contributed by atoms with Gasteiger partial charge < -0.3 is 14.9 Å². The molecule has 4 nitrogen and oxygen atoms in total. The molecule has 2 fully saturated rings. The minimum atomic E-state index is -0.162. The number of hydrogen-bond acceptors (Lipinski definition) is 3. The highest BCUT2D eigenvalue weighted by Gasteiger charge is 2.30. The zero-order valence-corrected chi connectivity index (χ0v) is 20.3. The molecule has 0 radical (unpaired) electrons. The summed E-state index contributed by atoms with van der Waals surface area (Å²) in [4.78, 5) is 17.8. The summed E-state index contributed by atoms with van der Waals surface area (Å²) in [7, 11) is 0. The van der Waals surface area contributed by atoms with Crippen molar-refractivity contribution in [3.05, 3.63) is 96.3 Å². The number of carbonyl (C=O) groups is 1. The van der Waals surface area contributed by atoms with Gasteiger partial charge in [-0.15, -0.1) is 6.58 Å². The Labute approximate surface area is 207 Å². The number of likely N-dealkylation sites (tertiary alicyclic amines) is 2. The van der Waals surface area contributed by atoms with Crippen molar-refractivity contribution < 1.29 is 14.3 Å². The van der Waals surface area contributed by atoms with Crippen molar-refractivity contribution >= 4 is 16.7 Å². The Hall–Kier alpha value is -3.02. The van der Waals surface area contributed by atoms with E-state index in [0.717, 1.165) is 68.3 Å². The molecule has 35 heavy (non-hydrogen) atoms. The Morgan fingerprint density at radius 1 is 0.971 bits per heavy atom. The highest BCUT2D eigenvalue weighted by molar-refractivity contribution is 6.07. The first-order chi connectivity index (χ1) is 17.1. The molecule has 2 heterocycles. The summed E-state index contributed by atoms with van der Waals surface area (Å²) in [6.07, 6.45) is 4.75. The van der Waals surface area contributed by atoms with Gasteiger partial charge in [-0.25, -0.2) is 4.39 Å². The highest BCUT2D eigenvalue weighted by Crippen LogP contribution is 2.30. The van der Waals surface area contributed by atoms with E-state index in [1.165, 1.54) is 11.6 Å². The van der Waals surface area contributed by atoms with Crippen molar-refractivity contribution in [2.45, 2.75) is 25.2 Å². The molecule has 0 spiro atoms. The van der Waals surface area contributed by atoms with Crippen molar-refractivity contribution in [3.8, 4) is 0 Å². The van der Waals surface area contributed by atoms with E-state index in [1.54, 1.807) is 12.1 Å². The van der Waals surface area contributed by atoms with Crippen LogP contribution >= 0.6 is 0 Å². The average Bonchev–Trinajstić information content (AvgIpc) is 3.37. The fraction of sp³-hybridized carbons (Fsp3) is 0.367. The fourth-order valence-corrected chi connectivity index (χ4v) is 5.30. The van der Waals surface area contributed by atoms with Crippen LogP contribution in [-0.4, -0.2) is 60.1 Å². The predicted octanol–water partition coefficient (Wildman–Crippen LogP) is 5.49. The van der Waals surface area contributed by atoms with Crippen LogP contribution in [0.1, 0.15) is 41.1 Å². The Kier molecular flexibility index (Phi) is 8.67. The summed E-state index contributed by atoms with van der Waals surface area (Å²) >= 11 is 0. The van der Waals surface area contributed by atoms with Crippen LogP contribution in [0.2, 0.25) is 0 Å². The highest BCUT2D eigenvalue weighted by atomic mass is 19.1. The van der Waals surface area contributed by atoms with Crippen molar-refractivity contribution in [1.29, 1.82) is 0 Å². The first-order valence-electron chi connectivity index (χ1n) is 12.6. The van der Waals surface area contributed by atoms with Crippen molar-refractivity contribution in [2.75, 3.05) is 39.3 Å². The number of piperidine rings is 1. The quantitative estimate of drug-likeness (QED) is 0.498. The van der Waals surface area contributed by atoms with E-state index >= 15 is 0 Å². The minimum Gasteiger partial charge on any atom is -0.392 e. The van der Waals surface area contributed by atoms with E-state index in [4.69, 9.17) is 5.11 Å². The first-order valence-corrected chi connectivity index (χ1v) is 12.6. The molecule has 2 aliphatic rings. The molecule has 5 rings (SSSR count). The molecule has 184 valence electrons. The number of benzene rings is 3. The van der Waals surface area contributed by atoms with Gasteiger partial charge in [-0.05, 0) is 78.7 Å². The summed E-state index contributed by atoms with van der Waals surface area (Å²) in [5.41, 5.74) is 2.08. The maximum absolute atomic E-state index is 13.2. The zero-order chi connectivity index (χ0) is 24.6. The number of rotatable bonds is 5. The largest absolute Gasteiger partial charge is 0.392 e. The number of halogens is 1. The molecule has 1 atom stereocenters. The number of nitrogens with zero attached hydrogens (tertiary/aromatic N) is 2. The molecule has 0 aromatic heterocycles. The van der Waals surface area contributed by atoms with Crippen molar-refractivity contribution in [3.63, 3.8) is 0 Å². The summed E-state index contributed by atoms with van der Waals surface area (Å²) < 4.78 is 13.2. The van der Waals surface area contributed by atoms with Crippen molar-refractivity contribution in [2.24, 2.45) is 5.92 Å². The third-order valence-corrected chi connectivity index (χ3v) is 7.17. The van der Waals surface area contributed by atoms with Crippen LogP contribution in [0, 0.1) is 11.7 Å². The van der Waals surface area contributed by atoms with Crippen LogP contribution in [0.5, 0.6) is 0 Å². The minimum absolute atomic E-state index is 0.0833. The summed E-state index contributed by atoms with van der Waals surface area (Å²) in [6, 6.07) is 21.1. The van der Waals surface area contributed by atoms with Gasteiger partial charge in [0, 0.05) is 25.2 Å². The lowest BCUT2D eigenvalue weighted by molar-refractivity contribution is 0.0784. The van der Waals surface area contributed by atoms with Crippen LogP contribution in [0.15, 0.2) is 79.4 Å². The molecule has 0 bridgehead atoms. The van der Waals surface area contributed by atoms with Gasteiger partial charge >= 0.3 is 0 Å². The van der Waals surface area contributed by atoms with Gasteiger partial charge in [-0.2, -0.15) is 0 Å². The van der Waals surface area contributed by atoms with E-state index in [9.17, 15) is 9.18 Å². The lowest BCUT2D eigenvalue weighted by atomic mass is 9.89. The lowest BCUT2D eigenvalue weighted by Crippen LogP contribution is -2.37. The average molecular weight is 475 g/mol. The summed E-state index contributed by atoms with van der Waals surface area (Å²) in [5, 5.41) is 9.92. The molecule has 0 aliphatic carbocycles. The molecule has 2 aliphatic heterocycles. The van der Waals surface area contributed by atoms with Gasteiger partial charge in [-0.1, -0.05) is 54.6 Å². The Morgan fingerprint density at radius 3 is 2.37 bits per heavy atom. The van der Waals surface area contributed by atoms with Crippen LogP contribution in [0.4, 0.5) is 4.39 Å². The third-order valence-electron chi connectivity index (χ3n) is 7.17. The molecular formula is C30H35FN2O2. The number of hydrogen-bond donors (Lipinski definition) is 1. The van der Waals surface area contributed by atoms with Crippen LogP contribution in [0.25, 0.3) is 10.8 Å². The Balaban J connectivity index is 0.000000672. The van der Waals surface area contributed by atoms with Gasteiger partial charge in [0.05, 0.1) is 6.61 Å². The number of amides is 1. The van der Waals surface area contributed by atoms with Crippen LogP contribution < -0.4 is 0 Å². The van der Waals surface area contributed by atoms with Gasteiger partial charge in [0.2, 0.25) is 0 Å². The fourth-order valence-electron chi connectivity index (χ4n) is 5.30. The second kappa shape index (κ2) is 12.1. The SMILES string of the molecule is C=CCO.O=C(c1cccc2ccccc12)N1CC[C@H](CN2CCC(c3ccc(F)cc3)CC2)C1. The first kappa shape index (κ1) is 25.1. The number of fused-ring (bicyclic) bond motifs is 1. The molecule has 5 heteroatoms. The van der Waals surface area contributed by atoms with E-state index in [0.29, 0.717) is 11.8 Å². The number of aliphatic hydroxyl groups is 1. The van der Waals surface area contributed by atoms with Gasteiger partial charge in [-0.3, -0.25) is 4.79 Å². The van der Waals surface area contributed by atoms with Gasteiger partial charge in [0.1, 0.15) is 5.82 Å². The normalized spacial score (nSPS) is 18.8. The molecule has 3 aromatic rings. The molecule has 3 aromatic carbocycles. The van der Waals surface area contributed by atoms with E-state index in [-0.39, 0.29) is 18.3 Å². The van der Waals surface area contributed by atoms with Crippen LogP contribution in [-0.2, 0) is 0 Å². The topological polar surface area (TPSA) is 43.8 Å².